The lowest BCUT2D eigenvalue weighted by Gasteiger charge is -2.09. The van der Waals surface area contributed by atoms with Gasteiger partial charge in [0.2, 0.25) is 0 Å². The summed E-state index contributed by atoms with van der Waals surface area (Å²) in [6.45, 7) is 2.44. The average Bonchev–Trinajstić information content (AvgIpc) is 2.74. The number of aromatic amines is 1. The molecule has 0 atom stereocenters. The molecule has 0 aliphatic rings. The topological polar surface area (TPSA) is 76.5 Å². The van der Waals surface area contributed by atoms with E-state index in [2.05, 4.69) is 10.1 Å². The van der Waals surface area contributed by atoms with Crippen LogP contribution in [0.4, 0.5) is 0 Å². The molecular weight excluding hydrogens is 366 g/mol. The van der Waals surface area contributed by atoms with Gasteiger partial charge in [0.25, 0.3) is 5.56 Å². The highest BCUT2D eigenvalue weighted by Gasteiger charge is 2.07. The molecule has 0 aliphatic heterocycles. The first-order valence-electron chi connectivity index (χ1n) is 9.17. The third-order valence-corrected chi connectivity index (χ3v) is 4.53. The molecule has 1 heterocycles. The number of benzene rings is 3. The van der Waals surface area contributed by atoms with Gasteiger partial charge < -0.3 is 9.72 Å². The van der Waals surface area contributed by atoms with Gasteiger partial charge in [0, 0.05) is 5.56 Å². The lowest BCUT2D eigenvalue weighted by molar-refractivity contribution is 0.306. The standard InChI is InChI=1S/C23H19N3O3/c1-16-10-12-17(13-11-16)15-29-21-9-5-2-6-18(21)14-24-26-22(27)19-7-3-4-8-20(19)25-23(26)28/h2-14H,15H2,1H3,(H,25,28). The fourth-order valence-corrected chi connectivity index (χ4v) is 2.94. The molecule has 1 aromatic heterocycles. The SMILES string of the molecule is Cc1ccc(COc2ccccc2C=Nn2c(=O)[nH]c3ccccc3c2=O)cc1. The van der Waals surface area contributed by atoms with Crippen molar-refractivity contribution in [3.05, 3.63) is 110 Å². The zero-order valence-corrected chi connectivity index (χ0v) is 15.8. The Morgan fingerprint density at radius 3 is 2.52 bits per heavy atom. The first kappa shape index (κ1) is 18.4. The molecule has 0 saturated carbocycles. The number of hydrogen-bond acceptors (Lipinski definition) is 4. The molecular formula is C23H19N3O3. The number of rotatable bonds is 5. The van der Waals surface area contributed by atoms with Gasteiger partial charge in [-0.05, 0) is 36.8 Å². The highest BCUT2D eigenvalue weighted by Crippen LogP contribution is 2.18. The lowest BCUT2D eigenvalue weighted by atomic mass is 10.1. The van der Waals surface area contributed by atoms with Crippen LogP contribution in [0.3, 0.4) is 0 Å². The maximum atomic E-state index is 12.6. The number of para-hydroxylation sites is 2. The number of aryl methyl sites for hydroxylation is 1. The van der Waals surface area contributed by atoms with Crippen LogP contribution in [-0.4, -0.2) is 15.9 Å². The molecule has 4 rings (SSSR count). The fourth-order valence-electron chi connectivity index (χ4n) is 2.94. The second-order valence-electron chi connectivity index (χ2n) is 6.65. The second-order valence-corrected chi connectivity index (χ2v) is 6.65. The Bertz CT molecular complexity index is 1300. The molecule has 0 radical (unpaired) electrons. The van der Waals surface area contributed by atoms with Crippen molar-refractivity contribution < 1.29 is 4.74 Å². The number of aromatic nitrogens is 2. The molecule has 0 bridgehead atoms. The van der Waals surface area contributed by atoms with Crippen molar-refractivity contribution in [1.82, 2.24) is 9.66 Å². The summed E-state index contributed by atoms with van der Waals surface area (Å²) in [6, 6.07) is 22.3. The van der Waals surface area contributed by atoms with Crippen molar-refractivity contribution in [1.29, 1.82) is 0 Å². The van der Waals surface area contributed by atoms with Crippen molar-refractivity contribution in [2.45, 2.75) is 13.5 Å². The first-order valence-corrected chi connectivity index (χ1v) is 9.17. The van der Waals surface area contributed by atoms with E-state index in [9.17, 15) is 9.59 Å². The van der Waals surface area contributed by atoms with Crippen molar-refractivity contribution in [2.24, 2.45) is 5.10 Å². The zero-order valence-electron chi connectivity index (χ0n) is 15.8. The molecule has 1 N–H and O–H groups in total. The van der Waals surface area contributed by atoms with Crippen LogP contribution < -0.4 is 16.0 Å². The minimum absolute atomic E-state index is 0.396. The number of nitrogens with one attached hydrogen (secondary N) is 1. The zero-order chi connectivity index (χ0) is 20.2. The van der Waals surface area contributed by atoms with Crippen LogP contribution >= 0.6 is 0 Å². The molecule has 3 aromatic carbocycles. The summed E-state index contributed by atoms with van der Waals surface area (Å²) in [5.74, 6) is 0.613. The van der Waals surface area contributed by atoms with Crippen molar-refractivity contribution in [2.75, 3.05) is 0 Å². The molecule has 144 valence electrons. The van der Waals surface area contributed by atoms with Crippen LogP contribution in [0.15, 0.2) is 87.5 Å². The monoisotopic (exact) mass is 385 g/mol. The van der Waals surface area contributed by atoms with Crippen LogP contribution in [0.2, 0.25) is 0 Å². The molecule has 0 unspecified atom stereocenters. The van der Waals surface area contributed by atoms with E-state index in [0.717, 1.165) is 10.2 Å². The first-order chi connectivity index (χ1) is 14.1. The number of nitrogens with zero attached hydrogens (tertiary/aromatic N) is 2. The lowest BCUT2D eigenvalue weighted by Crippen LogP contribution is -2.32. The number of H-pyrrole nitrogens is 1. The predicted octanol–water partition coefficient (Wildman–Crippen LogP) is 3.46. The highest BCUT2D eigenvalue weighted by atomic mass is 16.5. The predicted molar refractivity (Wildman–Crippen MR) is 114 cm³/mol. The Morgan fingerprint density at radius 2 is 1.69 bits per heavy atom. The molecule has 0 amide bonds. The van der Waals surface area contributed by atoms with E-state index in [-0.39, 0.29) is 0 Å². The van der Waals surface area contributed by atoms with Crippen LogP contribution in [0.1, 0.15) is 16.7 Å². The normalized spacial score (nSPS) is 11.2. The van der Waals surface area contributed by atoms with E-state index in [4.69, 9.17) is 4.74 Å². The van der Waals surface area contributed by atoms with Crippen LogP contribution in [0, 0.1) is 6.92 Å². The quantitative estimate of drug-likeness (QED) is 0.535. The van der Waals surface area contributed by atoms with E-state index < -0.39 is 11.2 Å². The van der Waals surface area contributed by atoms with Crippen molar-refractivity contribution in [3.8, 4) is 5.75 Å². The van der Waals surface area contributed by atoms with Crippen molar-refractivity contribution >= 4 is 17.1 Å². The summed E-state index contributed by atoms with van der Waals surface area (Å²) in [4.78, 5) is 27.5. The minimum atomic E-state index is -0.594. The Labute approximate surface area is 166 Å². The summed E-state index contributed by atoms with van der Waals surface area (Å²) >= 11 is 0. The van der Waals surface area contributed by atoms with E-state index >= 15 is 0 Å². The molecule has 0 fully saturated rings. The van der Waals surface area contributed by atoms with E-state index in [1.807, 2.05) is 55.5 Å². The number of ether oxygens (including phenoxy) is 1. The summed E-state index contributed by atoms with van der Waals surface area (Å²) in [7, 11) is 0. The van der Waals surface area contributed by atoms with Gasteiger partial charge >= 0.3 is 5.69 Å². The van der Waals surface area contributed by atoms with Crippen LogP contribution in [0.25, 0.3) is 10.9 Å². The Kier molecular flexibility index (Phi) is 5.07. The van der Waals surface area contributed by atoms with Crippen molar-refractivity contribution in [3.63, 3.8) is 0 Å². The second kappa shape index (κ2) is 7.98. The van der Waals surface area contributed by atoms with E-state index in [1.54, 1.807) is 24.3 Å². The molecule has 6 heteroatoms. The van der Waals surface area contributed by atoms with Gasteiger partial charge in [-0.2, -0.15) is 5.10 Å². The van der Waals surface area contributed by atoms with Crippen LogP contribution in [0.5, 0.6) is 5.75 Å². The Balaban J connectivity index is 1.63. The molecule has 4 aromatic rings. The van der Waals surface area contributed by atoms with Gasteiger partial charge in [-0.3, -0.25) is 4.79 Å². The highest BCUT2D eigenvalue weighted by molar-refractivity contribution is 5.83. The van der Waals surface area contributed by atoms with Crippen LogP contribution in [-0.2, 0) is 6.61 Å². The largest absolute Gasteiger partial charge is 0.488 e. The molecule has 0 aliphatic carbocycles. The molecule has 0 spiro atoms. The summed E-state index contributed by atoms with van der Waals surface area (Å²) in [5, 5.41) is 4.50. The summed E-state index contributed by atoms with van der Waals surface area (Å²) in [5.41, 5.74) is 2.31. The van der Waals surface area contributed by atoms with Gasteiger partial charge in [-0.15, -0.1) is 4.68 Å². The third-order valence-electron chi connectivity index (χ3n) is 4.53. The maximum absolute atomic E-state index is 12.6. The maximum Gasteiger partial charge on any atom is 0.349 e. The van der Waals surface area contributed by atoms with Gasteiger partial charge in [-0.25, -0.2) is 4.79 Å². The molecule has 6 nitrogen and oxygen atoms in total. The Morgan fingerprint density at radius 1 is 0.966 bits per heavy atom. The minimum Gasteiger partial charge on any atom is -0.488 e. The van der Waals surface area contributed by atoms with Gasteiger partial charge in [0.1, 0.15) is 12.4 Å². The Hall–Kier alpha value is -3.93. The third kappa shape index (κ3) is 4.01. The van der Waals surface area contributed by atoms with E-state index in [1.165, 1.54) is 11.8 Å². The summed E-state index contributed by atoms with van der Waals surface area (Å²) < 4.78 is 6.74. The number of hydrogen-bond donors (Lipinski definition) is 1. The molecule has 0 saturated heterocycles. The fraction of sp³-hybridized carbons (Fsp3) is 0.0870. The van der Waals surface area contributed by atoms with Gasteiger partial charge in [-0.1, -0.05) is 54.1 Å². The van der Waals surface area contributed by atoms with E-state index in [0.29, 0.717) is 28.8 Å². The molecule has 29 heavy (non-hydrogen) atoms. The average molecular weight is 385 g/mol. The smallest absolute Gasteiger partial charge is 0.349 e. The van der Waals surface area contributed by atoms with Gasteiger partial charge in [0.15, 0.2) is 0 Å². The van der Waals surface area contributed by atoms with Gasteiger partial charge in [0.05, 0.1) is 17.1 Å². The summed E-state index contributed by atoms with van der Waals surface area (Å²) in [6.07, 6.45) is 1.45. The number of fused-ring (bicyclic) bond motifs is 1.